The molecule has 8 heteroatoms. The van der Waals surface area contributed by atoms with Crippen LogP contribution in [0.3, 0.4) is 0 Å². The fourth-order valence-electron chi connectivity index (χ4n) is 3.94. The van der Waals surface area contributed by atoms with Crippen LogP contribution in [-0.4, -0.2) is 32.8 Å². The third-order valence-corrected chi connectivity index (χ3v) is 5.65. The summed E-state index contributed by atoms with van der Waals surface area (Å²) in [6.07, 6.45) is 2.93. The lowest BCUT2D eigenvalue weighted by atomic mass is 9.85. The number of halogens is 3. The molecule has 0 aromatic carbocycles. The molecule has 1 aliphatic rings. The van der Waals surface area contributed by atoms with Gasteiger partial charge in [0, 0.05) is 43.4 Å². The number of rotatable bonds is 8. The lowest BCUT2D eigenvalue weighted by Crippen LogP contribution is -2.25. The van der Waals surface area contributed by atoms with Crippen molar-refractivity contribution in [1.82, 2.24) is 14.8 Å². The van der Waals surface area contributed by atoms with E-state index in [0.717, 1.165) is 37.7 Å². The number of pyridine rings is 1. The number of aromatic nitrogens is 3. The SMILES string of the molecule is CC(=O)c1nn(CCC2CCC(Oc3ncccc3C)CC2)cc1CCC(F)(F)F. The van der Waals surface area contributed by atoms with Crippen LogP contribution in [0.15, 0.2) is 24.5 Å². The van der Waals surface area contributed by atoms with Gasteiger partial charge in [-0.05, 0) is 57.4 Å². The summed E-state index contributed by atoms with van der Waals surface area (Å²) >= 11 is 0. The number of carbonyl (C=O) groups is 1. The molecule has 0 aliphatic heterocycles. The fourth-order valence-corrected chi connectivity index (χ4v) is 3.94. The van der Waals surface area contributed by atoms with Gasteiger partial charge in [0.15, 0.2) is 5.78 Å². The molecule has 30 heavy (non-hydrogen) atoms. The van der Waals surface area contributed by atoms with E-state index in [0.29, 0.717) is 23.9 Å². The predicted molar refractivity (Wildman–Crippen MR) is 107 cm³/mol. The smallest absolute Gasteiger partial charge is 0.389 e. The third kappa shape index (κ3) is 6.31. The second-order valence-corrected chi connectivity index (χ2v) is 8.11. The normalized spacial score (nSPS) is 19.6. The Balaban J connectivity index is 1.49. The monoisotopic (exact) mass is 423 g/mol. The molecular formula is C22H28F3N3O2. The van der Waals surface area contributed by atoms with Crippen LogP contribution in [0, 0.1) is 12.8 Å². The highest BCUT2D eigenvalue weighted by molar-refractivity contribution is 5.93. The Morgan fingerprint density at radius 3 is 2.63 bits per heavy atom. The predicted octanol–water partition coefficient (Wildman–Crippen LogP) is 5.31. The topological polar surface area (TPSA) is 57.0 Å². The quantitative estimate of drug-likeness (QED) is 0.540. The number of carbonyl (C=O) groups excluding carboxylic acids is 1. The summed E-state index contributed by atoms with van der Waals surface area (Å²) in [5.41, 5.74) is 1.56. The molecule has 1 fully saturated rings. The Bertz CT molecular complexity index is 856. The molecular weight excluding hydrogens is 395 g/mol. The van der Waals surface area contributed by atoms with Crippen LogP contribution in [0.4, 0.5) is 13.2 Å². The number of hydrogen-bond acceptors (Lipinski definition) is 4. The largest absolute Gasteiger partial charge is 0.474 e. The zero-order valence-corrected chi connectivity index (χ0v) is 17.4. The Kier molecular flexibility index (Phi) is 7.15. The molecule has 3 rings (SSSR count). The zero-order chi connectivity index (χ0) is 21.7. The van der Waals surface area contributed by atoms with Crippen LogP contribution in [0.1, 0.15) is 67.1 Å². The molecule has 0 saturated heterocycles. The minimum absolute atomic E-state index is 0.155. The summed E-state index contributed by atoms with van der Waals surface area (Å²) in [7, 11) is 0. The molecule has 1 saturated carbocycles. The third-order valence-electron chi connectivity index (χ3n) is 5.65. The van der Waals surface area contributed by atoms with Crippen molar-refractivity contribution in [2.24, 2.45) is 5.92 Å². The summed E-state index contributed by atoms with van der Waals surface area (Å²) in [4.78, 5) is 16.0. The standard InChI is InChI=1S/C22H28F3N3O2/c1-15-4-3-12-26-21(15)30-19-7-5-17(6-8-19)10-13-28-14-18(9-11-22(23,24)25)20(27-28)16(2)29/h3-4,12,14,17,19H,5-11,13H2,1-2H3. The highest BCUT2D eigenvalue weighted by Gasteiger charge is 2.28. The molecule has 0 N–H and O–H groups in total. The van der Waals surface area contributed by atoms with Gasteiger partial charge in [-0.3, -0.25) is 9.48 Å². The van der Waals surface area contributed by atoms with Crippen LogP contribution in [0.2, 0.25) is 0 Å². The van der Waals surface area contributed by atoms with Crippen molar-refractivity contribution >= 4 is 5.78 Å². The molecule has 0 amide bonds. The first-order chi connectivity index (χ1) is 14.2. The summed E-state index contributed by atoms with van der Waals surface area (Å²) in [6, 6.07) is 3.87. The van der Waals surface area contributed by atoms with E-state index < -0.39 is 12.6 Å². The molecule has 1 aliphatic carbocycles. The maximum atomic E-state index is 12.5. The second kappa shape index (κ2) is 9.62. The van der Waals surface area contributed by atoms with E-state index in [2.05, 4.69) is 10.1 Å². The fraction of sp³-hybridized carbons (Fsp3) is 0.591. The minimum Gasteiger partial charge on any atom is -0.474 e. The van der Waals surface area contributed by atoms with Gasteiger partial charge in [-0.2, -0.15) is 18.3 Å². The summed E-state index contributed by atoms with van der Waals surface area (Å²) in [5, 5.41) is 4.24. The number of ether oxygens (including phenoxy) is 1. The van der Waals surface area contributed by atoms with Gasteiger partial charge in [0.1, 0.15) is 11.8 Å². The van der Waals surface area contributed by atoms with Crippen molar-refractivity contribution in [3.05, 3.63) is 41.3 Å². The van der Waals surface area contributed by atoms with E-state index in [1.807, 2.05) is 19.1 Å². The Morgan fingerprint density at radius 2 is 2.00 bits per heavy atom. The summed E-state index contributed by atoms with van der Waals surface area (Å²) < 4.78 is 45.3. The molecule has 5 nitrogen and oxygen atoms in total. The van der Waals surface area contributed by atoms with Gasteiger partial charge < -0.3 is 4.74 Å². The first-order valence-corrected chi connectivity index (χ1v) is 10.4. The lowest BCUT2D eigenvalue weighted by molar-refractivity contribution is -0.134. The van der Waals surface area contributed by atoms with E-state index in [4.69, 9.17) is 4.74 Å². The van der Waals surface area contributed by atoms with Gasteiger partial charge in [0.25, 0.3) is 0 Å². The summed E-state index contributed by atoms with van der Waals surface area (Å²) in [5.74, 6) is 0.910. The van der Waals surface area contributed by atoms with E-state index >= 15 is 0 Å². The molecule has 0 bridgehead atoms. The molecule has 164 valence electrons. The van der Waals surface area contributed by atoms with Crippen molar-refractivity contribution < 1.29 is 22.7 Å². The second-order valence-electron chi connectivity index (χ2n) is 8.11. The lowest BCUT2D eigenvalue weighted by Gasteiger charge is -2.29. The molecule has 2 aromatic rings. The van der Waals surface area contributed by atoms with Crippen molar-refractivity contribution in [2.75, 3.05) is 0 Å². The van der Waals surface area contributed by atoms with Crippen molar-refractivity contribution in [1.29, 1.82) is 0 Å². The first kappa shape index (κ1) is 22.3. The van der Waals surface area contributed by atoms with Gasteiger partial charge in [-0.1, -0.05) is 6.07 Å². The highest BCUT2D eigenvalue weighted by Crippen LogP contribution is 2.30. The minimum atomic E-state index is -4.25. The Hall–Kier alpha value is -2.38. The van der Waals surface area contributed by atoms with Gasteiger partial charge in [-0.25, -0.2) is 4.98 Å². The number of ketones is 1. The molecule has 2 aromatic heterocycles. The zero-order valence-electron chi connectivity index (χ0n) is 17.4. The van der Waals surface area contributed by atoms with E-state index in [-0.39, 0.29) is 24.0 Å². The van der Waals surface area contributed by atoms with Crippen molar-refractivity contribution in [3.63, 3.8) is 0 Å². The molecule has 0 atom stereocenters. The van der Waals surface area contributed by atoms with Crippen LogP contribution < -0.4 is 4.74 Å². The highest BCUT2D eigenvalue weighted by atomic mass is 19.4. The van der Waals surface area contributed by atoms with Crippen LogP contribution in [0.25, 0.3) is 0 Å². The van der Waals surface area contributed by atoms with Crippen LogP contribution in [0.5, 0.6) is 5.88 Å². The van der Waals surface area contributed by atoms with Gasteiger partial charge >= 0.3 is 6.18 Å². The van der Waals surface area contributed by atoms with Crippen molar-refractivity contribution in [3.8, 4) is 5.88 Å². The molecule has 0 unspecified atom stereocenters. The molecule has 0 radical (unpaired) electrons. The van der Waals surface area contributed by atoms with Gasteiger partial charge in [-0.15, -0.1) is 0 Å². The molecule has 0 spiro atoms. The van der Waals surface area contributed by atoms with Crippen LogP contribution in [-0.2, 0) is 13.0 Å². The number of alkyl halides is 3. The Morgan fingerprint density at radius 1 is 1.27 bits per heavy atom. The average molecular weight is 423 g/mol. The van der Waals surface area contributed by atoms with Gasteiger partial charge in [0.05, 0.1) is 0 Å². The first-order valence-electron chi connectivity index (χ1n) is 10.4. The summed E-state index contributed by atoms with van der Waals surface area (Å²) in [6.45, 7) is 3.92. The number of nitrogens with zero attached hydrogens (tertiary/aromatic N) is 3. The maximum Gasteiger partial charge on any atom is 0.389 e. The van der Waals surface area contributed by atoms with E-state index in [1.165, 1.54) is 6.92 Å². The number of Topliss-reactive ketones (excluding diaryl/α,β-unsaturated/α-hetero) is 1. The average Bonchev–Trinajstić information content (AvgIpc) is 3.11. The Labute approximate surface area is 174 Å². The van der Waals surface area contributed by atoms with E-state index in [1.54, 1.807) is 17.1 Å². The van der Waals surface area contributed by atoms with E-state index in [9.17, 15) is 18.0 Å². The maximum absolute atomic E-state index is 12.5. The molecule has 2 heterocycles. The number of hydrogen-bond donors (Lipinski definition) is 0. The van der Waals surface area contributed by atoms with Crippen LogP contribution >= 0.6 is 0 Å². The van der Waals surface area contributed by atoms with Gasteiger partial charge in [0.2, 0.25) is 5.88 Å². The number of aryl methyl sites for hydroxylation is 3. The van der Waals surface area contributed by atoms with Crippen molar-refractivity contribution in [2.45, 2.75) is 77.6 Å².